The van der Waals surface area contributed by atoms with E-state index >= 15 is 0 Å². The molecule has 1 aliphatic heterocycles. The van der Waals surface area contributed by atoms with Crippen LogP contribution in [-0.4, -0.2) is 27.7 Å². The van der Waals surface area contributed by atoms with E-state index in [-0.39, 0.29) is 6.04 Å². The smallest absolute Gasteiger partial charge is 0.159 e. The molecule has 0 bridgehead atoms. The van der Waals surface area contributed by atoms with E-state index < -0.39 is 17.7 Å². The highest BCUT2D eigenvalue weighted by Gasteiger charge is 2.33. The Morgan fingerprint density at radius 1 is 1.20 bits per heavy atom. The minimum atomic E-state index is -0.886. The van der Waals surface area contributed by atoms with E-state index in [0.717, 1.165) is 6.07 Å². The minimum Gasteiger partial charge on any atom is -0.391 e. The molecular formula is C14H13F2N3O. The summed E-state index contributed by atoms with van der Waals surface area (Å²) in [6.45, 7) is 0.391. The predicted octanol–water partition coefficient (Wildman–Crippen LogP) is 2.07. The van der Waals surface area contributed by atoms with Crippen LogP contribution in [0.15, 0.2) is 36.8 Å². The zero-order valence-corrected chi connectivity index (χ0v) is 10.6. The summed E-state index contributed by atoms with van der Waals surface area (Å²) in [6, 6.07) is 3.56. The molecule has 0 radical (unpaired) electrons. The van der Waals surface area contributed by atoms with Crippen LogP contribution in [-0.2, 0) is 0 Å². The Morgan fingerprint density at radius 2 is 2.05 bits per heavy atom. The quantitative estimate of drug-likeness (QED) is 0.913. The van der Waals surface area contributed by atoms with E-state index in [9.17, 15) is 13.9 Å². The SMILES string of the molecule is O[C@H]1C[C@@H](c2ccc(F)c(F)c2)N(c2cnccn2)C1. The Morgan fingerprint density at radius 3 is 2.75 bits per heavy atom. The van der Waals surface area contributed by atoms with Gasteiger partial charge in [-0.05, 0) is 24.1 Å². The van der Waals surface area contributed by atoms with Gasteiger partial charge < -0.3 is 10.0 Å². The summed E-state index contributed by atoms with van der Waals surface area (Å²) in [6.07, 6.45) is 4.62. The Balaban J connectivity index is 1.96. The second-order valence-corrected chi connectivity index (χ2v) is 4.79. The van der Waals surface area contributed by atoms with Crippen molar-refractivity contribution in [2.24, 2.45) is 0 Å². The highest BCUT2D eigenvalue weighted by atomic mass is 19.2. The molecule has 1 saturated heterocycles. The van der Waals surface area contributed by atoms with Gasteiger partial charge in [0, 0.05) is 18.9 Å². The lowest BCUT2D eigenvalue weighted by molar-refractivity contribution is 0.194. The van der Waals surface area contributed by atoms with Crippen LogP contribution in [0.3, 0.4) is 0 Å². The number of nitrogens with zero attached hydrogens (tertiary/aromatic N) is 3. The number of hydrogen-bond acceptors (Lipinski definition) is 4. The highest BCUT2D eigenvalue weighted by molar-refractivity contribution is 5.43. The van der Waals surface area contributed by atoms with E-state index in [4.69, 9.17) is 0 Å². The molecule has 6 heteroatoms. The summed E-state index contributed by atoms with van der Waals surface area (Å²) in [5.74, 6) is -1.15. The number of aliphatic hydroxyl groups is 1. The van der Waals surface area contributed by atoms with E-state index in [1.165, 1.54) is 12.1 Å². The van der Waals surface area contributed by atoms with Gasteiger partial charge >= 0.3 is 0 Å². The molecule has 0 amide bonds. The standard InChI is InChI=1S/C14H13F2N3O/c15-11-2-1-9(5-12(11)16)13-6-10(20)8-19(13)14-7-17-3-4-18-14/h1-5,7,10,13,20H,6,8H2/t10-,13-/m0/s1. The van der Waals surface area contributed by atoms with Gasteiger partial charge in [-0.1, -0.05) is 6.07 Å². The Kier molecular flexibility index (Phi) is 3.31. The normalized spacial score (nSPS) is 22.2. The Labute approximate surface area is 114 Å². The molecule has 2 heterocycles. The molecule has 0 aliphatic carbocycles. The molecule has 1 aromatic carbocycles. The topological polar surface area (TPSA) is 49.2 Å². The fraction of sp³-hybridized carbons (Fsp3) is 0.286. The van der Waals surface area contributed by atoms with E-state index in [1.807, 2.05) is 4.90 Å². The number of rotatable bonds is 2. The predicted molar refractivity (Wildman–Crippen MR) is 69.1 cm³/mol. The van der Waals surface area contributed by atoms with Crippen molar-refractivity contribution in [2.75, 3.05) is 11.4 Å². The van der Waals surface area contributed by atoms with Gasteiger partial charge in [0.25, 0.3) is 0 Å². The maximum Gasteiger partial charge on any atom is 0.159 e. The number of halogens is 2. The van der Waals surface area contributed by atoms with Crippen molar-refractivity contribution >= 4 is 5.82 Å². The summed E-state index contributed by atoms with van der Waals surface area (Å²) >= 11 is 0. The zero-order valence-electron chi connectivity index (χ0n) is 10.6. The molecule has 0 spiro atoms. The molecule has 4 nitrogen and oxygen atoms in total. The number of hydrogen-bond donors (Lipinski definition) is 1. The molecule has 1 N–H and O–H groups in total. The third-order valence-electron chi connectivity index (χ3n) is 3.45. The maximum absolute atomic E-state index is 13.4. The first-order chi connectivity index (χ1) is 9.65. The van der Waals surface area contributed by atoms with Crippen LogP contribution in [0.4, 0.5) is 14.6 Å². The molecule has 0 unspecified atom stereocenters. The lowest BCUT2D eigenvalue weighted by atomic mass is 10.0. The summed E-state index contributed by atoms with van der Waals surface area (Å²) in [4.78, 5) is 10.0. The van der Waals surface area contributed by atoms with Crippen molar-refractivity contribution in [2.45, 2.75) is 18.6 Å². The molecule has 1 aliphatic rings. The summed E-state index contributed by atoms with van der Waals surface area (Å²) in [7, 11) is 0. The Bertz CT molecular complexity index is 609. The highest BCUT2D eigenvalue weighted by Crippen LogP contribution is 2.35. The lowest BCUT2D eigenvalue weighted by Crippen LogP contribution is -2.25. The Hall–Kier alpha value is -2.08. The van der Waals surface area contributed by atoms with Crippen molar-refractivity contribution in [1.82, 2.24) is 9.97 Å². The van der Waals surface area contributed by atoms with Crippen LogP contribution in [0.2, 0.25) is 0 Å². The van der Waals surface area contributed by atoms with Gasteiger partial charge in [-0.2, -0.15) is 0 Å². The summed E-state index contributed by atoms with van der Waals surface area (Å²) < 4.78 is 26.4. The monoisotopic (exact) mass is 277 g/mol. The van der Waals surface area contributed by atoms with Crippen molar-refractivity contribution < 1.29 is 13.9 Å². The molecule has 1 fully saturated rings. The molecule has 104 valence electrons. The van der Waals surface area contributed by atoms with Crippen LogP contribution in [0.25, 0.3) is 0 Å². The average Bonchev–Trinajstić information content (AvgIpc) is 2.85. The maximum atomic E-state index is 13.4. The molecule has 1 aromatic heterocycles. The van der Waals surface area contributed by atoms with Gasteiger partial charge in [-0.15, -0.1) is 0 Å². The van der Waals surface area contributed by atoms with Crippen molar-refractivity contribution in [3.8, 4) is 0 Å². The number of aliphatic hydroxyl groups excluding tert-OH is 1. The van der Waals surface area contributed by atoms with Crippen molar-refractivity contribution in [3.63, 3.8) is 0 Å². The number of benzene rings is 1. The fourth-order valence-corrected chi connectivity index (χ4v) is 2.54. The van der Waals surface area contributed by atoms with Gasteiger partial charge in [0.15, 0.2) is 11.6 Å². The first-order valence-electron chi connectivity index (χ1n) is 6.31. The van der Waals surface area contributed by atoms with Crippen LogP contribution >= 0.6 is 0 Å². The van der Waals surface area contributed by atoms with Gasteiger partial charge in [-0.25, -0.2) is 13.8 Å². The van der Waals surface area contributed by atoms with E-state index in [0.29, 0.717) is 24.3 Å². The minimum absolute atomic E-state index is 0.239. The van der Waals surface area contributed by atoms with Crippen molar-refractivity contribution in [3.05, 3.63) is 54.0 Å². The third-order valence-corrected chi connectivity index (χ3v) is 3.45. The van der Waals surface area contributed by atoms with Crippen molar-refractivity contribution in [1.29, 1.82) is 0 Å². The first kappa shape index (κ1) is 12.9. The van der Waals surface area contributed by atoms with Crippen LogP contribution in [0.5, 0.6) is 0 Å². The first-order valence-corrected chi connectivity index (χ1v) is 6.31. The molecule has 3 rings (SSSR count). The average molecular weight is 277 g/mol. The van der Waals surface area contributed by atoms with Gasteiger partial charge in [0.1, 0.15) is 5.82 Å². The van der Waals surface area contributed by atoms with Gasteiger partial charge in [-0.3, -0.25) is 4.98 Å². The number of anilines is 1. The van der Waals surface area contributed by atoms with Gasteiger partial charge in [0.05, 0.1) is 18.3 Å². The zero-order chi connectivity index (χ0) is 14.1. The largest absolute Gasteiger partial charge is 0.391 e. The molecule has 2 atom stereocenters. The number of β-amino-alcohol motifs (C(OH)–C–C–N with tert-alkyl or cyclic N) is 1. The third kappa shape index (κ3) is 2.34. The van der Waals surface area contributed by atoms with Crippen LogP contribution in [0.1, 0.15) is 18.0 Å². The number of aromatic nitrogens is 2. The van der Waals surface area contributed by atoms with E-state index in [2.05, 4.69) is 9.97 Å². The van der Waals surface area contributed by atoms with Gasteiger partial charge in [0.2, 0.25) is 0 Å². The van der Waals surface area contributed by atoms with Crippen LogP contribution < -0.4 is 4.90 Å². The lowest BCUT2D eigenvalue weighted by Gasteiger charge is -2.25. The second-order valence-electron chi connectivity index (χ2n) is 4.79. The summed E-state index contributed by atoms with van der Waals surface area (Å²) in [5.41, 5.74) is 0.617. The summed E-state index contributed by atoms with van der Waals surface area (Å²) in [5, 5.41) is 9.86. The molecular weight excluding hydrogens is 264 g/mol. The fourth-order valence-electron chi connectivity index (χ4n) is 2.54. The molecule has 0 saturated carbocycles. The second kappa shape index (κ2) is 5.13. The molecule has 2 aromatic rings. The van der Waals surface area contributed by atoms with E-state index in [1.54, 1.807) is 18.6 Å². The van der Waals surface area contributed by atoms with Crippen LogP contribution in [0, 0.1) is 11.6 Å². The molecule has 20 heavy (non-hydrogen) atoms.